The van der Waals surface area contributed by atoms with E-state index in [1.807, 2.05) is 6.07 Å². The maximum absolute atomic E-state index is 12.3. The van der Waals surface area contributed by atoms with E-state index in [1.165, 1.54) is 0 Å². The molecular weight excluding hydrogens is 371 g/mol. The molecule has 0 spiro atoms. The molecule has 1 aromatic heterocycles. The van der Waals surface area contributed by atoms with E-state index in [9.17, 15) is 4.79 Å². The third kappa shape index (κ3) is 4.42. The third-order valence-electron chi connectivity index (χ3n) is 4.15. The van der Waals surface area contributed by atoms with Crippen molar-refractivity contribution in [2.24, 2.45) is 11.7 Å². The van der Waals surface area contributed by atoms with Crippen molar-refractivity contribution in [3.8, 4) is 0 Å². The monoisotopic (exact) mass is 388 g/mol. The summed E-state index contributed by atoms with van der Waals surface area (Å²) in [5, 5.41) is 8.36. The molecule has 0 saturated heterocycles. The first-order valence-electron chi connectivity index (χ1n) is 7.55. The van der Waals surface area contributed by atoms with Crippen LogP contribution in [0.4, 0.5) is 5.82 Å². The molecule has 1 aromatic carbocycles. The van der Waals surface area contributed by atoms with E-state index in [1.54, 1.807) is 29.1 Å². The quantitative estimate of drug-likeness (QED) is 0.837. The predicted molar refractivity (Wildman–Crippen MR) is 99.0 cm³/mol. The molecule has 2 aromatic rings. The van der Waals surface area contributed by atoms with Crippen LogP contribution in [0.25, 0.3) is 0 Å². The Labute approximate surface area is 156 Å². The average Bonchev–Trinajstić information content (AvgIpc) is 3.11. The Morgan fingerprint density at radius 2 is 2.12 bits per heavy atom. The summed E-state index contributed by atoms with van der Waals surface area (Å²) < 4.78 is 1.71. The van der Waals surface area contributed by atoms with Crippen molar-refractivity contribution in [3.63, 3.8) is 0 Å². The van der Waals surface area contributed by atoms with Crippen LogP contribution in [0.2, 0.25) is 10.0 Å². The van der Waals surface area contributed by atoms with Crippen LogP contribution in [0.15, 0.2) is 30.5 Å². The van der Waals surface area contributed by atoms with Crippen molar-refractivity contribution in [2.45, 2.75) is 31.8 Å². The van der Waals surface area contributed by atoms with Crippen molar-refractivity contribution >= 4 is 47.3 Å². The Kier molecular flexibility index (Phi) is 6.52. The molecule has 3 rings (SSSR count). The lowest BCUT2D eigenvalue weighted by Gasteiger charge is -2.13. The predicted octanol–water partition coefficient (Wildman–Crippen LogP) is 3.73. The Bertz CT molecular complexity index is 719. The standard InChI is InChI=1S/C16H18Cl2N4O.ClH/c17-12-3-1-11(14(18)8-12)9-22-15(5-6-20-22)21-16(23)10-2-4-13(19)7-10;/h1,3,5-6,8,10,13H,2,4,7,9,19H2,(H,21,23);1H. The Balaban J connectivity index is 0.00000208. The van der Waals surface area contributed by atoms with Crippen LogP contribution in [0.5, 0.6) is 0 Å². The van der Waals surface area contributed by atoms with Gasteiger partial charge in [0.15, 0.2) is 0 Å². The number of halogens is 3. The van der Waals surface area contributed by atoms with Gasteiger partial charge in [-0.1, -0.05) is 29.3 Å². The number of amides is 1. The Morgan fingerprint density at radius 1 is 1.33 bits per heavy atom. The van der Waals surface area contributed by atoms with Gasteiger partial charge in [0.1, 0.15) is 5.82 Å². The molecular formula is C16H19Cl3N4O. The van der Waals surface area contributed by atoms with Crippen molar-refractivity contribution < 1.29 is 4.79 Å². The van der Waals surface area contributed by atoms with Gasteiger partial charge < -0.3 is 11.1 Å². The smallest absolute Gasteiger partial charge is 0.228 e. The van der Waals surface area contributed by atoms with E-state index in [0.29, 0.717) is 22.4 Å². The molecule has 1 saturated carbocycles. The highest BCUT2D eigenvalue weighted by Crippen LogP contribution is 2.26. The highest BCUT2D eigenvalue weighted by molar-refractivity contribution is 6.35. The van der Waals surface area contributed by atoms with E-state index in [-0.39, 0.29) is 30.3 Å². The zero-order valence-electron chi connectivity index (χ0n) is 12.9. The highest BCUT2D eigenvalue weighted by atomic mass is 35.5. The van der Waals surface area contributed by atoms with Crippen LogP contribution < -0.4 is 11.1 Å². The number of nitrogens with zero attached hydrogens (tertiary/aromatic N) is 2. The summed E-state index contributed by atoms with van der Waals surface area (Å²) in [7, 11) is 0. The van der Waals surface area contributed by atoms with Gasteiger partial charge in [-0.3, -0.25) is 4.79 Å². The van der Waals surface area contributed by atoms with E-state index in [2.05, 4.69) is 10.4 Å². The second-order valence-electron chi connectivity index (χ2n) is 5.87. The molecule has 1 aliphatic rings. The largest absolute Gasteiger partial charge is 0.328 e. The van der Waals surface area contributed by atoms with E-state index in [0.717, 1.165) is 24.8 Å². The molecule has 5 nitrogen and oxygen atoms in total. The minimum atomic E-state index is -0.0209. The number of hydrogen-bond donors (Lipinski definition) is 2. The topological polar surface area (TPSA) is 72.9 Å². The highest BCUT2D eigenvalue weighted by Gasteiger charge is 2.28. The number of carbonyl (C=O) groups is 1. The van der Waals surface area contributed by atoms with Crippen LogP contribution >= 0.6 is 35.6 Å². The van der Waals surface area contributed by atoms with E-state index >= 15 is 0 Å². The number of hydrogen-bond acceptors (Lipinski definition) is 3. The molecule has 2 atom stereocenters. The van der Waals surface area contributed by atoms with Gasteiger partial charge in [-0.25, -0.2) is 4.68 Å². The SMILES string of the molecule is Cl.NC1CCC(C(=O)Nc2ccnn2Cc2ccc(Cl)cc2Cl)C1. The van der Waals surface area contributed by atoms with Crippen LogP contribution in [-0.4, -0.2) is 21.7 Å². The van der Waals surface area contributed by atoms with Gasteiger partial charge in [0.25, 0.3) is 0 Å². The Morgan fingerprint density at radius 3 is 2.79 bits per heavy atom. The third-order valence-corrected chi connectivity index (χ3v) is 4.73. The van der Waals surface area contributed by atoms with Crippen LogP contribution in [0.1, 0.15) is 24.8 Å². The van der Waals surface area contributed by atoms with Crippen molar-refractivity contribution in [1.29, 1.82) is 0 Å². The normalized spacial score (nSPS) is 19.8. The second-order valence-corrected chi connectivity index (χ2v) is 6.71. The van der Waals surface area contributed by atoms with Gasteiger partial charge in [-0.05, 0) is 37.0 Å². The molecule has 1 fully saturated rings. The lowest BCUT2D eigenvalue weighted by atomic mass is 10.1. The fourth-order valence-corrected chi connectivity index (χ4v) is 3.33. The fraction of sp³-hybridized carbons (Fsp3) is 0.375. The number of aromatic nitrogens is 2. The van der Waals surface area contributed by atoms with Crippen LogP contribution in [0, 0.1) is 5.92 Å². The van der Waals surface area contributed by atoms with Gasteiger partial charge in [0.2, 0.25) is 5.91 Å². The average molecular weight is 390 g/mol. The molecule has 0 bridgehead atoms. The minimum absolute atomic E-state index is 0. The summed E-state index contributed by atoms with van der Waals surface area (Å²) in [6, 6.07) is 7.23. The molecule has 0 radical (unpaired) electrons. The van der Waals surface area contributed by atoms with Crippen LogP contribution in [-0.2, 0) is 11.3 Å². The van der Waals surface area contributed by atoms with Gasteiger partial charge in [-0.15, -0.1) is 12.4 Å². The molecule has 24 heavy (non-hydrogen) atoms. The molecule has 1 aliphatic carbocycles. The molecule has 1 heterocycles. The summed E-state index contributed by atoms with van der Waals surface area (Å²) in [5.74, 6) is 0.635. The lowest BCUT2D eigenvalue weighted by molar-refractivity contribution is -0.119. The van der Waals surface area contributed by atoms with Gasteiger partial charge >= 0.3 is 0 Å². The summed E-state index contributed by atoms with van der Waals surface area (Å²) in [6.45, 7) is 0.461. The number of nitrogens with one attached hydrogen (secondary N) is 1. The summed E-state index contributed by atoms with van der Waals surface area (Å²) in [6.07, 6.45) is 4.13. The van der Waals surface area contributed by atoms with E-state index in [4.69, 9.17) is 28.9 Å². The van der Waals surface area contributed by atoms with Crippen molar-refractivity contribution in [2.75, 3.05) is 5.32 Å². The molecule has 3 N–H and O–H groups in total. The first kappa shape index (κ1) is 19.1. The summed E-state index contributed by atoms with van der Waals surface area (Å²) in [5.41, 5.74) is 6.76. The summed E-state index contributed by atoms with van der Waals surface area (Å²) in [4.78, 5) is 12.3. The van der Waals surface area contributed by atoms with E-state index < -0.39 is 0 Å². The van der Waals surface area contributed by atoms with Gasteiger partial charge in [0.05, 0.1) is 12.7 Å². The number of rotatable bonds is 4. The number of anilines is 1. The van der Waals surface area contributed by atoms with Crippen LogP contribution in [0.3, 0.4) is 0 Å². The molecule has 0 aliphatic heterocycles. The lowest BCUT2D eigenvalue weighted by Crippen LogP contribution is -2.24. The van der Waals surface area contributed by atoms with Gasteiger partial charge in [-0.2, -0.15) is 5.10 Å². The Hall–Kier alpha value is -1.27. The summed E-state index contributed by atoms with van der Waals surface area (Å²) >= 11 is 12.1. The van der Waals surface area contributed by atoms with Gasteiger partial charge in [0, 0.05) is 28.1 Å². The maximum atomic E-state index is 12.3. The first-order chi connectivity index (χ1) is 11.0. The molecule has 1 amide bonds. The molecule has 8 heteroatoms. The molecule has 2 unspecified atom stereocenters. The molecule has 130 valence electrons. The first-order valence-corrected chi connectivity index (χ1v) is 8.30. The number of nitrogens with two attached hydrogens (primary N) is 1. The second kappa shape index (κ2) is 8.21. The van der Waals surface area contributed by atoms with Crippen molar-refractivity contribution in [1.82, 2.24) is 9.78 Å². The number of carbonyl (C=O) groups excluding carboxylic acids is 1. The minimum Gasteiger partial charge on any atom is -0.328 e. The van der Waals surface area contributed by atoms with Crippen molar-refractivity contribution in [3.05, 3.63) is 46.1 Å². The zero-order chi connectivity index (χ0) is 16.4. The zero-order valence-corrected chi connectivity index (χ0v) is 15.2. The number of benzene rings is 1. The maximum Gasteiger partial charge on any atom is 0.228 e. The fourth-order valence-electron chi connectivity index (χ4n) is 2.86.